The van der Waals surface area contributed by atoms with Gasteiger partial charge in [-0.15, -0.1) is 0 Å². The molecule has 0 unspecified atom stereocenters. The number of amides is 2. The molecule has 2 aromatic carbocycles. The van der Waals surface area contributed by atoms with Crippen LogP contribution in [0.15, 0.2) is 60.7 Å². The van der Waals surface area contributed by atoms with Crippen molar-refractivity contribution in [1.82, 2.24) is 4.90 Å². The van der Waals surface area contributed by atoms with E-state index in [-0.39, 0.29) is 11.8 Å². The van der Waals surface area contributed by atoms with Crippen molar-refractivity contribution in [2.24, 2.45) is 0 Å². The Morgan fingerprint density at radius 1 is 0.964 bits per heavy atom. The fraction of sp³-hybridized carbons (Fsp3) is 0.304. The lowest BCUT2D eigenvalue weighted by Gasteiger charge is -2.36. The average Bonchev–Trinajstić information content (AvgIpc) is 2.74. The average molecular weight is 377 g/mol. The molecule has 0 saturated carbocycles. The fourth-order valence-corrected chi connectivity index (χ4v) is 3.26. The standard InChI is InChI=1S/C23H27N3O2/c1-2-6-23(28)26-17-15-25(16-18-26)21-12-10-20(11-13-21)24-22(27)14-9-19-7-4-3-5-8-19/h3-5,7-14H,2,6,15-18H2,1H3,(H,24,27)/b14-9+. The molecule has 0 atom stereocenters. The molecule has 3 rings (SSSR count). The number of benzene rings is 2. The Balaban J connectivity index is 1.50. The summed E-state index contributed by atoms with van der Waals surface area (Å²) in [6.07, 6.45) is 4.86. The van der Waals surface area contributed by atoms with Gasteiger partial charge in [0.1, 0.15) is 0 Å². The molecule has 1 aliphatic heterocycles. The van der Waals surface area contributed by atoms with Crippen LogP contribution in [0.25, 0.3) is 6.08 Å². The molecule has 2 amide bonds. The van der Waals surface area contributed by atoms with Crippen LogP contribution in [0.4, 0.5) is 11.4 Å². The summed E-state index contributed by atoms with van der Waals surface area (Å²) in [4.78, 5) is 28.3. The highest BCUT2D eigenvalue weighted by molar-refractivity contribution is 6.02. The van der Waals surface area contributed by atoms with Gasteiger partial charge < -0.3 is 15.1 Å². The molecule has 2 aromatic rings. The second kappa shape index (κ2) is 9.74. The van der Waals surface area contributed by atoms with E-state index in [0.29, 0.717) is 6.42 Å². The van der Waals surface area contributed by atoms with E-state index < -0.39 is 0 Å². The summed E-state index contributed by atoms with van der Waals surface area (Å²) in [5.74, 6) is 0.100. The summed E-state index contributed by atoms with van der Waals surface area (Å²) in [6, 6.07) is 17.6. The van der Waals surface area contributed by atoms with Crippen LogP contribution in [0.3, 0.4) is 0 Å². The minimum atomic E-state index is -0.153. The first-order chi connectivity index (χ1) is 13.7. The number of carbonyl (C=O) groups excluding carboxylic acids is 2. The first-order valence-electron chi connectivity index (χ1n) is 9.82. The molecule has 0 bridgehead atoms. The molecule has 5 heteroatoms. The van der Waals surface area contributed by atoms with E-state index >= 15 is 0 Å². The summed E-state index contributed by atoms with van der Waals surface area (Å²) in [5, 5.41) is 2.88. The van der Waals surface area contributed by atoms with Crippen LogP contribution in [0, 0.1) is 0 Å². The van der Waals surface area contributed by atoms with E-state index in [2.05, 4.69) is 10.2 Å². The Kier molecular flexibility index (Phi) is 6.84. The number of hydrogen-bond acceptors (Lipinski definition) is 3. The highest BCUT2D eigenvalue weighted by Gasteiger charge is 2.20. The zero-order chi connectivity index (χ0) is 19.8. The van der Waals surface area contributed by atoms with Crippen LogP contribution in [0.1, 0.15) is 25.3 Å². The van der Waals surface area contributed by atoms with Gasteiger partial charge in [0.05, 0.1) is 0 Å². The van der Waals surface area contributed by atoms with Crippen LogP contribution >= 0.6 is 0 Å². The number of nitrogens with zero attached hydrogens (tertiary/aromatic N) is 2. The van der Waals surface area contributed by atoms with Crippen LogP contribution in [0.2, 0.25) is 0 Å². The van der Waals surface area contributed by atoms with Crippen molar-refractivity contribution < 1.29 is 9.59 Å². The Bertz CT molecular complexity index is 808. The van der Waals surface area contributed by atoms with Gasteiger partial charge in [-0.3, -0.25) is 9.59 Å². The predicted octanol–water partition coefficient (Wildman–Crippen LogP) is 3.79. The molecule has 1 N–H and O–H groups in total. The van der Waals surface area contributed by atoms with Crippen molar-refractivity contribution in [3.8, 4) is 0 Å². The Morgan fingerprint density at radius 3 is 2.29 bits per heavy atom. The van der Waals surface area contributed by atoms with E-state index in [9.17, 15) is 9.59 Å². The molecule has 1 saturated heterocycles. The van der Waals surface area contributed by atoms with E-state index in [4.69, 9.17) is 0 Å². The molecular formula is C23H27N3O2. The zero-order valence-corrected chi connectivity index (χ0v) is 16.3. The molecule has 1 aliphatic rings. The summed E-state index contributed by atoms with van der Waals surface area (Å²) in [5.41, 5.74) is 2.87. The maximum absolute atomic E-state index is 12.1. The number of piperazine rings is 1. The number of nitrogens with one attached hydrogen (secondary N) is 1. The fourth-order valence-electron chi connectivity index (χ4n) is 3.26. The van der Waals surface area contributed by atoms with Gasteiger partial charge in [0.25, 0.3) is 0 Å². The predicted molar refractivity (Wildman–Crippen MR) is 114 cm³/mol. The third-order valence-corrected chi connectivity index (χ3v) is 4.82. The third-order valence-electron chi connectivity index (χ3n) is 4.82. The highest BCUT2D eigenvalue weighted by Crippen LogP contribution is 2.20. The van der Waals surface area contributed by atoms with E-state index in [1.165, 1.54) is 6.08 Å². The molecule has 5 nitrogen and oxygen atoms in total. The van der Waals surface area contributed by atoms with E-state index in [1.807, 2.05) is 66.4 Å². The van der Waals surface area contributed by atoms with Gasteiger partial charge in [-0.1, -0.05) is 37.3 Å². The Hall–Kier alpha value is -3.08. The largest absolute Gasteiger partial charge is 0.368 e. The second-order valence-corrected chi connectivity index (χ2v) is 6.90. The molecule has 1 fully saturated rings. The van der Waals surface area contributed by atoms with Crippen LogP contribution in [-0.2, 0) is 9.59 Å². The molecule has 0 spiro atoms. The SMILES string of the molecule is CCCC(=O)N1CCN(c2ccc(NC(=O)/C=C/c3ccccc3)cc2)CC1. The molecule has 28 heavy (non-hydrogen) atoms. The molecule has 0 aromatic heterocycles. The molecule has 0 aliphatic carbocycles. The van der Waals surface area contributed by atoms with Gasteiger partial charge in [-0.2, -0.15) is 0 Å². The van der Waals surface area contributed by atoms with Gasteiger partial charge in [0.2, 0.25) is 11.8 Å². The minimum Gasteiger partial charge on any atom is -0.368 e. The summed E-state index contributed by atoms with van der Waals surface area (Å²) in [7, 11) is 0. The lowest BCUT2D eigenvalue weighted by molar-refractivity contribution is -0.131. The Morgan fingerprint density at radius 2 is 1.64 bits per heavy atom. The van der Waals surface area contributed by atoms with Crippen molar-refractivity contribution in [1.29, 1.82) is 0 Å². The zero-order valence-electron chi connectivity index (χ0n) is 16.3. The number of carbonyl (C=O) groups is 2. The summed E-state index contributed by atoms with van der Waals surface area (Å²) in [6.45, 7) is 5.23. The maximum atomic E-state index is 12.1. The van der Waals surface area contributed by atoms with Crippen molar-refractivity contribution >= 4 is 29.3 Å². The minimum absolute atomic E-state index is 0.153. The van der Waals surface area contributed by atoms with Crippen LogP contribution in [0.5, 0.6) is 0 Å². The van der Waals surface area contributed by atoms with Gasteiger partial charge >= 0.3 is 0 Å². The van der Waals surface area contributed by atoms with Gasteiger partial charge in [-0.25, -0.2) is 0 Å². The normalized spacial score (nSPS) is 14.3. The lowest BCUT2D eigenvalue weighted by Crippen LogP contribution is -2.48. The summed E-state index contributed by atoms with van der Waals surface area (Å²) >= 11 is 0. The Labute approximate surface area is 166 Å². The quantitative estimate of drug-likeness (QED) is 0.780. The monoisotopic (exact) mass is 377 g/mol. The van der Waals surface area contributed by atoms with Crippen molar-refractivity contribution in [3.63, 3.8) is 0 Å². The van der Waals surface area contributed by atoms with Gasteiger partial charge in [0, 0.05) is 50.1 Å². The van der Waals surface area contributed by atoms with Crippen molar-refractivity contribution in [3.05, 3.63) is 66.2 Å². The van der Waals surface area contributed by atoms with E-state index in [0.717, 1.165) is 49.5 Å². The molecule has 146 valence electrons. The van der Waals surface area contributed by atoms with Gasteiger partial charge in [-0.05, 0) is 42.3 Å². The first-order valence-corrected chi connectivity index (χ1v) is 9.82. The van der Waals surface area contributed by atoms with Gasteiger partial charge in [0.15, 0.2) is 0 Å². The molecule has 0 radical (unpaired) electrons. The summed E-state index contributed by atoms with van der Waals surface area (Å²) < 4.78 is 0. The lowest BCUT2D eigenvalue weighted by atomic mass is 10.2. The van der Waals surface area contributed by atoms with Crippen molar-refractivity contribution in [2.45, 2.75) is 19.8 Å². The number of anilines is 2. The molecule has 1 heterocycles. The van der Waals surface area contributed by atoms with Crippen LogP contribution in [-0.4, -0.2) is 42.9 Å². The third kappa shape index (κ3) is 5.46. The smallest absolute Gasteiger partial charge is 0.248 e. The highest BCUT2D eigenvalue weighted by atomic mass is 16.2. The maximum Gasteiger partial charge on any atom is 0.248 e. The van der Waals surface area contributed by atoms with E-state index in [1.54, 1.807) is 6.08 Å². The first kappa shape index (κ1) is 19.7. The van der Waals surface area contributed by atoms with Crippen molar-refractivity contribution in [2.75, 3.05) is 36.4 Å². The second-order valence-electron chi connectivity index (χ2n) is 6.90. The van der Waals surface area contributed by atoms with Crippen LogP contribution < -0.4 is 10.2 Å². The topological polar surface area (TPSA) is 52.7 Å². The molecular weight excluding hydrogens is 350 g/mol. The number of rotatable bonds is 6. The number of hydrogen-bond donors (Lipinski definition) is 1.